The number of amides is 1. The molecular formula is C21H20N4O2S. The van der Waals surface area contributed by atoms with Crippen LogP contribution in [0.3, 0.4) is 0 Å². The lowest BCUT2D eigenvalue weighted by molar-refractivity contribution is -0.118. The summed E-state index contributed by atoms with van der Waals surface area (Å²) < 4.78 is 5.63. The zero-order chi connectivity index (χ0) is 19.3. The highest BCUT2D eigenvalue weighted by molar-refractivity contribution is 7.99. The topological polar surface area (TPSA) is 83.8 Å². The molecule has 0 aliphatic heterocycles. The number of fused-ring (bicyclic) bond motifs is 1. The number of para-hydroxylation sites is 1. The zero-order valence-corrected chi connectivity index (χ0v) is 16.3. The standard InChI is InChI=1S/C21H20N4O2S/c1-14-6-8-15(9-7-14)20-24-25-21(27-20)28-13-19(26)22-11-10-16-12-23-18-5-3-2-4-17(16)18/h2-9,12,23H,10-11,13H2,1H3,(H,22,26). The molecule has 0 unspecified atom stereocenters. The minimum absolute atomic E-state index is 0.0556. The first kappa shape index (κ1) is 18.3. The van der Waals surface area contributed by atoms with E-state index in [1.165, 1.54) is 28.3 Å². The van der Waals surface area contributed by atoms with Crippen molar-refractivity contribution in [2.45, 2.75) is 18.6 Å². The molecule has 2 aromatic heterocycles. The average molecular weight is 392 g/mol. The summed E-state index contributed by atoms with van der Waals surface area (Å²) in [6.07, 6.45) is 2.77. The van der Waals surface area contributed by atoms with Crippen molar-refractivity contribution in [3.63, 3.8) is 0 Å². The third-order valence-corrected chi connectivity index (χ3v) is 5.24. The minimum atomic E-state index is -0.0556. The summed E-state index contributed by atoms with van der Waals surface area (Å²) in [5.74, 6) is 0.644. The van der Waals surface area contributed by atoms with Crippen LogP contribution in [0.25, 0.3) is 22.4 Å². The van der Waals surface area contributed by atoms with E-state index < -0.39 is 0 Å². The van der Waals surface area contributed by atoms with E-state index >= 15 is 0 Å². The summed E-state index contributed by atoms with van der Waals surface area (Å²) in [6.45, 7) is 2.61. The van der Waals surface area contributed by atoms with Gasteiger partial charge >= 0.3 is 0 Å². The van der Waals surface area contributed by atoms with Gasteiger partial charge in [-0.2, -0.15) is 0 Å². The van der Waals surface area contributed by atoms with Crippen molar-refractivity contribution in [2.24, 2.45) is 0 Å². The van der Waals surface area contributed by atoms with E-state index in [0.29, 0.717) is 17.7 Å². The first-order chi connectivity index (χ1) is 13.7. The normalized spacial score (nSPS) is 11.0. The SMILES string of the molecule is Cc1ccc(-c2nnc(SCC(=O)NCCc3c[nH]c4ccccc34)o2)cc1. The van der Waals surface area contributed by atoms with E-state index in [0.717, 1.165) is 17.5 Å². The maximum absolute atomic E-state index is 12.1. The molecule has 0 atom stereocenters. The highest BCUT2D eigenvalue weighted by Crippen LogP contribution is 2.23. The van der Waals surface area contributed by atoms with Crippen molar-refractivity contribution in [1.29, 1.82) is 0 Å². The molecule has 4 rings (SSSR count). The number of thioether (sulfide) groups is 1. The number of carbonyl (C=O) groups excluding carboxylic acids is 1. The Labute approximate surface area is 166 Å². The molecule has 0 bridgehead atoms. The Bertz CT molecular complexity index is 1090. The second-order valence-electron chi connectivity index (χ2n) is 6.49. The van der Waals surface area contributed by atoms with Crippen LogP contribution in [0.2, 0.25) is 0 Å². The lowest BCUT2D eigenvalue weighted by Crippen LogP contribution is -2.27. The van der Waals surface area contributed by atoms with Crippen molar-refractivity contribution in [2.75, 3.05) is 12.3 Å². The fourth-order valence-electron chi connectivity index (χ4n) is 2.93. The summed E-state index contributed by atoms with van der Waals surface area (Å²) in [6, 6.07) is 16.0. The number of hydrogen-bond donors (Lipinski definition) is 2. The van der Waals surface area contributed by atoms with Crippen LogP contribution in [0.15, 0.2) is 64.4 Å². The molecule has 142 valence electrons. The molecule has 0 spiro atoms. The van der Waals surface area contributed by atoms with Crippen LogP contribution in [-0.2, 0) is 11.2 Å². The number of aryl methyl sites for hydroxylation is 1. The van der Waals surface area contributed by atoms with Gasteiger partial charge in [-0.1, -0.05) is 47.7 Å². The van der Waals surface area contributed by atoms with Crippen LogP contribution in [0, 0.1) is 6.92 Å². The molecule has 0 saturated carbocycles. The molecule has 2 heterocycles. The summed E-state index contributed by atoms with van der Waals surface area (Å²) in [5, 5.41) is 12.6. The van der Waals surface area contributed by atoms with Gasteiger partial charge < -0.3 is 14.7 Å². The van der Waals surface area contributed by atoms with Crippen LogP contribution < -0.4 is 5.32 Å². The van der Waals surface area contributed by atoms with Gasteiger partial charge in [0, 0.05) is 29.2 Å². The fraction of sp³-hybridized carbons (Fsp3) is 0.190. The first-order valence-corrected chi connectivity index (χ1v) is 10.0. The first-order valence-electron chi connectivity index (χ1n) is 9.04. The number of rotatable bonds is 7. The van der Waals surface area contributed by atoms with Crippen LogP contribution in [0.4, 0.5) is 0 Å². The molecule has 0 aliphatic rings. The monoisotopic (exact) mass is 392 g/mol. The predicted molar refractivity (Wildman–Crippen MR) is 110 cm³/mol. The Hall–Kier alpha value is -3.06. The average Bonchev–Trinajstić information content (AvgIpc) is 3.35. The predicted octanol–water partition coefficient (Wildman–Crippen LogP) is 3.98. The van der Waals surface area contributed by atoms with Gasteiger partial charge in [-0.3, -0.25) is 4.79 Å². The smallest absolute Gasteiger partial charge is 0.277 e. The van der Waals surface area contributed by atoms with E-state index in [9.17, 15) is 4.79 Å². The molecular weight excluding hydrogens is 372 g/mol. The lowest BCUT2D eigenvalue weighted by atomic mass is 10.1. The minimum Gasteiger partial charge on any atom is -0.411 e. The highest BCUT2D eigenvalue weighted by atomic mass is 32.2. The van der Waals surface area contributed by atoms with Gasteiger partial charge in [0.05, 0.1) is 5.75 Å². The molecule has 28 heavy (non-hydrogen) atoms. The van der Waals surface area contributed by atoms with Crippen LogP contribution in [0.1, 0.15) is 11.1 Å². The number of carbonyl (C=O) groups is 1. The zero-order valence-electron chi connectivity index (χ0n) is 15.4. The molecule has 0 aliphatic carbocycles. The van der Waals surface area contributed by atoms with E-state index in [4.69, 9.17) is 4.42 Å². The van der Waals surface area contributed by atoms with Crippen molar-refractivity contribution < 1.29 is 9.21 Å². The Kier molecular flexibility index (Phi) is 5.43. The van der Waals surface area contributed by atoms with Gasteiger partial charge in [0.25, 0.3) is 5.22 Å². The van der Waals surface area contributed by atoms with E-state index in [2.05, 4.69) is 26.6 Å². The van der Waals surface area contributed by atoms with Crippen molar-refractivity contribution in [3.8, 4) is 11.5 Å². The van der Waals surface area contributed by atoms with E-state index in [1.807, 2.05) is 55.6 Å². The van der Waals surface area contributed by atoms with Gasteiger partial charge in [-0.25, -0.2) is 0 Å². The maximum atomic E-state index is 12.1. The van der Waals surface area contributed by atoms with Gasteiger partial charge in [-0.05, 0) is 37.1 Å². The number of aromatic nitrogens is 3. The number of H-pyrrole nitrogens is 1. The molecule has 2 aromatic carbocycles. The van der Waals surface area contributed by atoms with Crippen molar-refractivity contribution in [1.82, 2.24) is 20.5 Å². The number of benzene rings is 2. The third kappa shape index (κ3) is 4.26. The number of nitrogens with zero attached hydrogens (tertiary/aromatic N) is 2. The number of nitrogens with one attached hydrogen (secondary N) is 2. The van der Waals surface area contributed by atoms with Crippen molar-refractivity contribution in [3.05, 3.63) is 65.9 Å². The summed E-state index contributed by atoms with van der Waals surface area (Å²) >= 11 is 1.24. The second kappa shape index (κ2) is 8.31. The fourth-order valence-corrected chi connectivity index (χ4v) is 3.53. The molecule has 4 aromatic rings. The molecule has 0 saturated heterocycles. The second-order valence-corrected chi connectivity index (χ2v) is 7.41. The van der Waals surface area contributed by atoms with Crippen LogP contribution in [-0.4, -0.2) is 33.4 Å². The Morgan fingerprint density at radius 1 is 1.14 bits per heavy atom. The molecule has 6 nitrogen and oxygen atoms in total. The summed E-state index contributed by atoms with van der Waals surface area (Å²) in [7, 11) is 0. The van der Waals surface area contributed by atoms with Gasteiger partial charge in [-0.15, -0.1) is 10.2 Å². The van der Waals surface area contributed by atoms with Gasteiger partial charge in [0.1, 0.15) is 0 Å². The quantitative estimate of drug-likeness (QED) is 0.465. The molecule has 1 amide bonds. The van der Waals surface area contributed by atoms with Crippen molar-refractivity contribution >= 4 is 28.6 Å². The number of hydrogen-bond acceptors (Lipinski definition) is 5. The highest BCUT2D eigenvalue weighted by Gasteiger charge is 2.11. The molecule has 0 radical (unpaired) electrons. The molecule has 7 heteroatoms. The Balaban J connectivity index is 1.25. The summed E-state index contributed by atoms with van der Waals surface area (Å²) in [5.41, 5.74) is 4.35. The number of aromatic amines is 1. The van der Waals surface area contributed by atoms with Crippen LogP contribution >= 0.6 is 11.8 Å². The maximum Gasteiger partial charge on any atom is 0.277 e. The Morgan fingerprint density at radius 3 is 2.82 bits per heavy atom. The van der Waals surface area contributed by atoms with Crippen LogP contribution in [0.5, 0.6) is 0 Å². The lowest BCUT2D eigenvalue weighted by Gasteiger charge is -2.03. The van der Waals surface area contributed by atoms with Gasteiger partial charge in [0.15, 0.2) is 0 Å². The van der Waals surface area contributed by atoms with E-state index in [-0.39, 0.29) is 11.7 Å². The molecule has 2 N–H and O–H groups in total. The Morgan fingerprint density at radius 2 is 1.96 bits per heavy atom. The molecule has 0 fully saturated rings. The summed E-state index contributed by atoms with van der Waals surface area (Å²) in [4.78, 5) is 15.3. The van der Waals surface area contributed by atoms with E-state index in [1.54, 1.807) is 0 Å². The third-order valence-electron chi connectivity index (χ3n) is 4.42. The van der Waals surface area contributed by atoms with Gasteiger partial charge in [0.2, 0.25) is 11.8 Å². The largest absolute Gasteiger partial charge is 0.411 e.